The number of thioether (sulfide) groups is 1. The van der Waals surface area contributed by atoms with Gasteiger partial charge in [-0.05, 0) is 74.8 Å². The molecule has 4 bridgehead atoms. The summed E-state index contributed by atoms with van der Waals surface area (Å²) < 4.78 is 2.10. The van der Waals surface area contributed by atoms with Crippen LogP contribution < -0.4 is 5.32 Å². The van der Waals surface area contributed by atoms with Crippen LogP contribution in [0.2, 0.25) is 0 Å². The van der Waals surface area contributed by atoms with E-state index in [1.165, 1.54) is 19.3 Å². The van der Waals surface area contributed by atoms with Gasteiger partial charge in [0, 0.05) is 16.9 Å². The predicted octanol–water partition coefficient (Wildman–Crippen LogP) is 4.60. The first-order chi connectivity index (χ1) is 14.2. The van der Waals surface area contributed by atoms with Crippen molar-refractivity contribution in [1.82, 2.24) is 20.1 Å². The maximum atomic E-state index is 13.3. The Morgan fingerprint density at radius 2 is 1.76 bits per heavy atom. The van der Waals surface area contributed by atoms with Crippen molar-refractivity contribution in [2.24, 2.45) is 23.2 Å². The molecule has 1 N–H and O–H groups in total. The molecule has 4 fully saturated rings. The van der Waals surface area contributed by atoms with Crippen molar-refractivity contribution in [3.05, 3.63) is 36.2 Å². The molecule has 0 radical (unpaired) electrons. The monoisotopic (exact) mass is 410 g/mol. The molecule has 154 valence electrons. The summed E-state index contributed by atoms with van der Waals surface area (Å²) in [6.07, 6.45) is 8.42. The fraction of sp³-hybridized carbons (Fsp3) is 0.609. The van der Waals surface area contributed by atoms with Crippen molar-refractivity contribution in [2.75, 3.05) is 5.75 Å². The van der Waals surface area contributed by atoms with Gasteiger partial charge in [0.05, 0.1) is 6.54 Å². The zero-order valence-electron chi connectivity index (χ0n) is 17.1. The summed E-state index contributed by atoms with van der Waals surface area (Å²) in [6.45, 7) is 2.61. The van der Waals surface area contributed by atoms with Gasteiger partial charge in [0.25, 0.3) is 0 Å². The number of carbonyl (C=O) groups is 1. The van der Waals surface area contributed by atoms with E-state index in [9.17, 15) is 4.79 Å². The van der Waals surface area contributed by atoms with E-state index in [4.69, 9.17) is 0 Å². The maximum Gasteiger partial charge on any atom is 0.226 e. The number of aromatic nitrogens is 3. The number of nitrogens with one attached hydrogen (secondary N) is 1. The molecule has 6 rings (SSSR count). The first-order valence-electron chi connectivity index (χ1n) is 11.1. The largest absolute Gasteiger partial charge is 0.348 e. The minimum atomic E-state index is -0.119. The molecule has 2 aromatic rings. The van der Waals surface area contributed by atoms with Crippen LogP contribution in [0.5, 0.6) is 0 Å². The molecule has 5 nitrogen and oxygen atoms in total. The molecule has 0 aliphatic heterocycles. The number of para-hydroxylation sites is 1. The Morgan fingerprint density at radius 3 is 2.38 bits per heavy atom. The van der Waals surface area contributed by atoms with Gasteiger partial charge >= 0.3 is 0 Å². The lowest BCUT2D eigenvalue weighted by Crippen LogP contribution is -2.53. The molecule has 0 unspecified atom stereocenters. The number of carbonyl (C=O) groups excluding carboxylic acids is 1. The fourth-order valence-corrected chi connectivity index (χ4v) is 7.10. The Bertz CT molecular complexity index is 843. The lowest BCUT2D eigenvalue weighted by Gasteiger charge is -2.55. The molecule has 4 aliphatic carbocycles. The highest BCUT2D eigenvalue weighted by molar-refractivity contribution is 7.99. The molecular weight excluding hydrogens is 380 g/mol. The normalized spacial score (nSPS) is 29.9. The first-order valence-corrected chi connectivity index (χ1v) is 12.1. The van der Waals surface area contributed by atoms with Crippen LogP contribution in [0.1, 0.15) is 57.7 Å². The fourth-order valence-electron chi connectivity index (χ4n) is 6.27. The highest BCUT2D eigenvalue weighted by Crippen LogP contribution is 2.60. The van der Waals surface area contributed by atoms with E-state index in [2.05, 4.69) is 39.1 Å². The van der Waals surface area contributed by atoms with Crippen LogP contribution in [0.15, 0.2) is 35.5 Å². The average Bonchev–Trinajstić information content (AvgIpc) is 3.12. The minimum Gasteiger partial charge on any atom is -0.348 e. The Hall–Kier alpha value is -1.82. The van der Waals surface area contributed by atoms with E-state index < -0.39 is 0 Å². The number of benzene rings is 1. The zero-order chi connectivity index (χ0) is 19.8. The summed E-state index contributed by atoms with van der Waals surface area (Å²) in [5.41, 5.74) is 0.932. The zero-order valence-corrected chi connectivity index (χ0v) is 18.0. The standard InChI is InChI=1S/C23H30N4OS/c1-2-8-29-22-26-25-20(27(22)19-6-4-3-5-7-19)15-24-21(28)23-12-16-9-17(13-23)11-18(10-16)14-23/h3-7,16-18H,2,8-15H2,1H3,(H,24,28). The number of rotatable bonds is 7. The Balaban J connectivity index is 1.34. The molecule has 1 heterocycles. The van der Waals surface area contributed by atoms with E-state index in [-0.39, 0.29) is 11.3 Å². The molecule has 0 spiro atoms. The van der Waals surface area contributed by atoms with Gasteiger partial charge < -0.3 is 5.32 Å². The SMILES string of the molecule is CCCSc1nnc(CNC(=O)C23CC4CC(CC(C4)C2)C3)n1-c1ccccc1. The molecule has 1 amide bonds. The molecule has 0 atom stereocenters. The van der Waals surface area contributed by atoms with Crippen LogP contribution in [0.25, 0.3) is 5.69 Å². The van der Waals surface area contributed by atoms with Crippen LogP contribution in [0.4, 0.5) is 0 Å². The van der Waals surface area contributed by atoms with Gasteiger partial charge in [-0.25, -0.2) is 0 Å². The van der Waals surface area contributed by atoms with Crippen molar-refractivity contribution < 1.29 is 4.79 Å². The Morgan fingerprint density at radius 1 is 1.10 bits per heavy atom. The third-order valence-electron chi connectivity index (χ3n) is 7.08. The topological polar surface area (TPSA) is 59.8 Å². The summed E-state index contributed by atoms with van der Waals surface area (Å²) in [6, 6.07) is 10.2. The smallest absolute Gasteiger partial charge is 0.226 e. The second-order valence-electron chi connectivity index (χ2n) is 9.30. The van der Waals surface area contributed by atoms with Crippen LogP contribution in [-0.4, -0.2) is 26.4 Å². The third-order valence-corrected chi connectivity index (χ3v) is 8.21. The van der Waals surface area contributed by atoms with Crippen molar-refractivity contribution >= 4 is 17.7 Å². The number of hydrogen-bond acceptors (Lipinski definition) is 4. The van der Waals surface area contributed by atoms with Crippen LogP contribution >= 0.6 is 11.8 Å². The number of nitrogens with zero attached hydrogens (tertiary/aromatic N) is 3. The average molecular weight is 411 g/mol. The molecule has 4 saturated carbocycles. The van der Waals surface area contributed by atoms with Gasteiger partial charge in [0.15, 0.2) is 11.0 Å². The van der Waals surface area contributed by atoms with Crippen LogP contribution in [0.3, 0.4) is 0 Å². The Kier molecular flexibility index (Phi) is 5.14. The summed E-state index contributed by atoms with van der Waals surface area (Å²) in [5, 5.41) is 13.0. The molecular formula is C23H30N4OS. The quantitative estimate of drug-likeness (QED) is 0.678. The summed E-state index contributed by atoms with van der Waals surface area (Å²) in [4.78, 5) is 13.3. The van der Waals surface area contributed by atoms with E-state index in [1.807, 2.05) is 18.2 Å². The first kappa shape index (κ1) is 19.2. The van der Waals surface area contributed by atoms with Gasteiger partial charge in [0.1, 0.15) is 0 Å². The third kappa shape index (κ3) is 3.60. The van der Waals surface area contributed by atoms with Gasteiger partial charge in [-0.3, -0.25) is 9.36 Å². The van der Waals surface area contributed by atoms with Gasteiger partial charge in [-0.2, -0.15) is 0 Å². The number of amides is 1. The maximum absolute atomic E-state index is 13.3. The minimum absolute atomic E-state index is 0.119. The highest BCUT2D eigenvalue weighted by Gasteiger charge is 2.54. The molecule has 0 saturated heterocycles. The van der Waals surface area contributed by atoms with Gasteiger partial charge in [0.2, 0.25) is 5.91 Å². The van der Waals surface area contributed by atoms with E-state index in [0.29, 0.717) is 6.54 Å². The predicted molar refractivity (Wildman–Crippen MR) is 115 cm³/mol. The summed E-state index contributed by atoms with van der Waals surface area (Å²) in [5.74, 6) is 4.39. The van der Waals surface area contributed by atoms with Crippen molar-refractivity contribution in [3.63, 3.8) is 0 Å². The lowest BCUT2D eigenvalue weighted by molar-refractivity contribution is -0.146. The van der Waals surface area contributed by atoms with Crippen molar-refractivity contribution in [3.8, 4) is 5.69 Å². The van der Waals surface area contributed by atoms with E-state index in [0.717, 1.165) is 65.9 Å². The molecule has 1 aromatic carbocycles. The second-order valence-corrected chi connectivity index (χ2v) is 10.4. The van der Waals surface area contributed by atoms with Gasteiger partial charge in [-0.1, -0.05) is 36.9 Å². The molecule has 1 aromatic heterocycles. The van der Waals surface area contributed by atoms with Crippen LogP contribution in [0, 0.1) is 23.2 Å². The second kappa shape index (κ2) is 7.78. The molecule has 4 aliphatic rings. The van der Waals surface area contributed by atoms with Crippen LogP contribution in [-0.2, 0) is 11.3 Å². The van der Waals surface area contributed by atoms with E-state index in [1.54, 1.807) is 11.8 Å². The molecule has 29 heavy (non-hydrogen) atoms. The highest BCUT2D eigenvalue weighted by atomic mass is 32.2. The Labute approximate surface area is 177 Å². The summed E-state index contributed by atoms with van der Waals surface area (Å²) in [7, 11) is 0. The van der Waals surface area contributed by atoms with E-state index >= 15 is 0 Å². The summed E-state index contributed by atoms with van der Waals surface area (Å²) >= 11 is 1.72. The number of hydrogen-bond donors (Lipinski definition) is 1. The van der Waals surface area contributed by atoms with Gasteiger partial charge in [-0.15, -0.1) is 10.2 Å². The lowest BCUT2D eigenvalue weighted by atomic mass is 9.49. The van der Waals surface area contributed by atoms with Crippen molar-refractivity contribution in [1.29, 1.82) is 0 Å². The molecule has 6 heteroatoms. The van der Waals surface area contributed by atoms with Crippen molar-refractivity contribution in [2.45, 2.75) is 63.6 Å².